The van der Waals surface area contributed by atoms with Gasteiger partial charge in [-0.05, 0) is 5.56 Å². The summed E-state index contributed by atoms with van der Waals surface area (Å²) in [6, 6.07) is 10.4. The second-order valence-corrected chi connectivity index (χ2v) is 6.54. The Morgan fingerprint density at radius 1 is 1.39 bits per heavy atom. The molecule has 2 heterocycles. The summed E-state index contributed by atoms with van der Waals surface area (Å²) in [4.78, 5) is 12.1. The standard InChI is InChI=1S/C16H20N4OS.ClH/c21-16(8-14-12-22-7-6-17-14)19-15-9-18-20(11-15)10-13-4-2-1-3-5-13;/h1-5,9,11,14,17H,6-8,10,12H2,(H,19,21);1H. The van der Waals surface area contributed by atoms with Gasteiger partial charge in [-0.2, -0.15) is 16.9 Å². The third-order valence-corrected chi connectivity index (χ3v) is 4.67. The molecular weight excluding hydrogens is 332 g/mol. The number of aromatic nitrogens is 2. The Labute approximate surface area is 146 Å². The minimum absolute atomic E-state index is 0. The van der Waals surface area contributed by atoms with E-state index >= 15 is 0 Å². The first-order chi connectivity index (χ1) is 10.8. The molecule has 2 aromatic rings. The summed E-state index contributed by atoms with van der Waals surface area (Å²) in [5.41, 5.74) is 1.94. The van der Waals surface area contributed by atoms with E-state index in [-0.39, 0.29) is 24.4 Å². The Kier molecular flexibility index (Phi) is 6.95. The topological polar surface area (TPSA) is 59.0 Å². The molecule has 1 aliphatic heterocycles. The van der Waals surface area contributed by atoms with Crippen molar-refractivity contribution in [2.45, 2.75) is 19.0 Å². The quantitative estimate of drug-likeness (QED) is 0.867. The molecule has 3 rings (SSSR count). The van der Waals surface area contributed by atoms with Crippen molar-refractivity contribution in [1.29, 1.82) is 0 Å². The molecule has 0 bridgehead atoms. The second-order valence-electron chi connectivity index (χ2n) is 5.39. The smallest absolute Gasteiger partial charge is 0.226 e. The van der Waals surface area contributed by atoms with Crippen molar-refractivity contribution < 1.29 is 4.79 Å². The largest absolute Gasteiger partial charge is 0.323 e. The average molecular weight is 353 g/mol. The molecule has 1 unspecified atom stereocenters. The second kappa shape index (κ2) is 8.96. The van der Waals surface area contributed by atoms with Gasteiger partial charge in [-0.15, -0.1) is 12.4 Å². The van der Waals surface area contributed by atoms with Crippen LogP contribution in [0, 0.1) is 0 Å². The summed E-state index contributed by atoms with van der Waals surface area (Å²) in [5.74, 6) is 2.17. The molecule has 1 atom stereocenters. The van der Waals surface area contributed by atoms with E-state index in [1.807, 2.05) is 40.8 Å². The number of benzene rings is 1. The third kappa shape index (κ3) is 5.57. The summed E-state index contributed by atoms with van der Waals surface area (Å²) >= 11 is 1.90. The molecule has 1 aromatic heterocycles. The maximum Gasteiger partial charge on any atom is 0.226 e. The number of anilines is 1. The molecule has 0 spiro atoms. The Balaban J connectivity index is 0.00000192. The van der Waals surface area contributed by atoms with Crippen LogP contribution < -0.4 is 10.6 Å². The van der Waals surface area contributed by atoms with E-state index in [0.29, 0.717) is 13.0 Å². The molecule has 7 heteroatoms. The van der Waals surface area contributed by atoms with Crippen molar-refractivity contribution in [2.24, 2.45) is 0 Å². The van der Waals surface area contributed by atoms with Crippen LogP contribution in [0.4, 0.5) is 5.69 Å². The van der Waals surface area contributed by atoms with E-state index < -0.39 is 0 Å². The number of halogens is 1. The van der Waals surface area contributed by atoms with Gasteiger partial charge in [0.25, 0.3) is 0 Å². The minimum Gasteiger partial charge on any atom is -0.323 e. The number of hydrogen-bond donors (Lipinski definition) is 2. The number of nitrogens with zero attached hydrogens (tertiary/aromatic N) is 2. The fourth-order valence-corrected chi connectivity index (χ4v) is 3.42. The van der Waals surface area contributed by atoms with Crippen LogP contribution in [0.2, 0.25) is 0 Å². The molecule has 1 fully saturated rings. The molecule has 1 saturated heterocycles. The van der Waals surface area contributed by atoms with Gasteiger partial charge in [0, 0.05) is 36.7 Å². The first-order valence-electron chi connectivity index (χ1n) is 7.47. The van der Waals surface area contributed by atoms with Crippen molar-refractivity contribution in [3.05, 3.63) is 48.3 Å². The lowest BCUT2D eigenvalue weighted by Gasteiger charge is -2.22. The number of thioether (sulfide) groups is 1. The maximum absolute atomic E-state index is 12.1. The lowest BCUT2D eigenvalue weighted by atomic mass is 10.2. The molecule has 2 N–H and O–H groups in total. The molecular formula is C16H21ClN4OS. The maximum atomic E-state index is 12.1. The fraction of sp³-hybridized carbons (Fsp3) is 0.375. The normalized spacial score (nSPS) is 17.3. The van der Waals surface area contributed by atoms with E-state index in [2.05, 4.69) is 27.9 Å². The molecule has 124 valence electrons. The van der Waals surface area contributed by atoms with Gasteiger partial charge in [-0.1, -0.05) is 30.3 Å². The Hall–Kier alpha value is -1.50. The Morgan fingerprint density at radius 3 is 2.96 bits per heavy atom. The first-order valence-corrected chi connectivity index (χ1v) is 8.62. The molecule has 1 amide bonds. The lowest BCUT2D eigenvalue weighted by molar-refractivity contribution is -0.116. The number of carbonyl (C=O) groups is 1. The van der Waals surface area contributed by atoms with Crippen LogP contribution >= 0.6 is 24.2 Å². The van der Waals surface area contributed by atoms with Crippen molar-refractivity contribution in [3.63, 3.8) is 0 Å². The highest BCUT2D eigenvalue weighted by Gasteiger charge is 2.17. The van der Waals surface area contributed by atoms with Gasteiger partial charge >= 0.3 is 0 Å². The Bertz CT molecular complexity index is 614. The zero-order valence-corrected chi connectivity index (χ0v) is 14.4. The molecule has 5 nitrogen and oxygen atoms in total. The van der Waals surface area contributed by atoms with E-state index in [4.69, 9.17) is 0 Å². The molecule has 0 saturated carbocycles. The summed E-state index contributed by atoms with van der Waals surface area (Å²) in [7, 11) is 0. The fourth-order valence-electron chi connectivity index (χ4n) is 2.47. The average Bonchev–Trinajstić information content (AvgIpc) is 2.96. The summed E-state index contributed by atoms with van der Waals surface area (Å²) in [6.45, 7) is 1.69. The number of hydrogen-bond acceptors (Lipinski definition) is 4. The van der Waals surface area contributed by atoms with E-state index in [0.717, 1.165) is 23.7 Å². The molecule has 1 aliphatic rings. The SMILES string of the molecule is Cl.O=C(CC1CSCCN1)Nc1cnn(Cc2ccccc2)c1. The van der Waals surface area contributed by atoms with Gasteiger partial charge in [-0.3, -0.25) is 9.48 Å². The summed E-state index contributed by atoms with van der Waals surface area (Å²) < 4.78 is 1.83. The highest BCUT2D eigenvalue weighted by molar-refractivity contribution is 7.99. The minimum atomic E-state index is 0. The van der Waals surface area contributed by atoms with E-state index in [9.17, 15) is 4.79 Å². The predicted octanol–water partition coefficient (Wildman–Crippen LogP) is 2.39. The van der Waals surface area contributed by atoms with Crippen LogP contribution in [-0.4, -0.2) is 39.8 Å². The van der Waals surface area contributed by atoms with Crippen LogP contribution in [0.5, 0.6) is 0 Å². The van der Waals surface area contributed by atoms with Crippen LogP contribution in [0.3, 0.4) is 0 Å². The van der Waals surface area contributed by atoms with Crippen molar-refractivity contribution in [2.75, 3.05) is 23.4 Å². The highest BCUT2D eigenvalue weighted by Crippen LogP contribution is 2.12. The van der Waals surface area contributed by atoms with Crippen LogP contribution in [-0.2, 0) is 11.3 Å². The Morgan fingerprint density at radius 2 is 2.22 bits per heavy atom. The monoisotopic (exact) mass is 352 g/mol. The van der Waals surface area contributed by atoms with Crippen LogP contribution in [0.1, 0.15) is 12.0 Å². The summed E-state index contributed by atoms with van der Waals surface area (Å²) in [5, 5.41) is 10.6. The van der Waals surface area contributed by atoms with E-state index in [1.165, 1.54) is 5.56 Å². The zero-order valence-electron chi connectivity index (χ0n) is 12.8. The van der Waals surface area contributed by atoms with Gasteiger partial charge in [0.1, 0.15) is 0 Å². The van der Waals surface area contributed by atoms with Crippen molar-refractivity contribution >= 4 is 35.8 Å². The number of rotatable bonds is 5. The highest BCUT2D eigenvalue weighted by atomic mass is 35.5. The van der Waals surface area contributed by atoms with Crippen molar-refractivity contribution in [3.8, 4) is 0 Å². The van der Waals surface area contributed by atoms with Crippen LogP contribution in [0.25, 0.3) is 0 Å². The number of nitrogens with one attached hydrogen (secondary N) is 2. The van der Waals surface area contributed by atoms with E-state index in [1.54, 1.807) is 6.20 Å². The number of carbonyl (C=O) groups excluding carboxylic acids is 1. The van der Waals surface area contributed by atoms with Gasteiger partial charge < -0.3 is 10.6 Å². The van der Waals surface area contributed by atoms with Crippen LogP contribution in [0.15, 0.2) is 42.7 Å². The predicted molar refractivity (Wildman–Crippen MR) is 97.4 cm³/mol. The zero-order chi connectivity index (χ0) is 15.2. The molecule has 1 aromatic carbocycles. The van der Waals surface area contributed by atoms with Crippen molar-refractivity contribution in [1.82, 2.24) is 15.1 Å². The van der Waals surface area contributed by atoms with Gasteiger partial charge in [0.15, 0.2) is 0 Å². The van der Waals surface area contributed by atoms with Gasteiger partial charge in [0.05, 0.1) is 18.4 Å². The van der Waals surface area contributed by atoms with Gasteiger partial charge in [-0.25, -0.2) is 0 Å². The summed E-state index contributed by atoms with van der Waals surface area (Å²) in [6.07, 6.45) is 4.08. The molecule has 23 heavy (non-hydrogen) atoms. The molecule has 0 aliphatic carbocycles. The first kappa shape index (κ1) is 17.8. The molecule has 0 radical (unpaired) electrons. The third-order valence-electron chi connectivity index (χ3n) is 3.53. The lowest BCUT2D eigenvalue weighted by Crippen LogP contribution is -2.39. The number of amides is 1. The van der Waals surface area contributed by atoms with Gasteiger partial charge in [0.2, 0.25) is 5.91 Å².